The van der Waals surface area contributed by atoms with Crippen molar-refractivity contribution in [3.8, 4) is 0 Å². The molecule has 1 unspecified atom stereocenters. The Bertz CT molecular complexity index is 1710. The average Bonchev–Trinajstić information content (AvgIpc) is 3.10. The molecular weight excluding hydrogens is 641 g/mol. The topological polar surface area (TPSA) is 151 Å². The maximum atomic E-state index is 14.2. The first kappa shape index (κ1) is 37.1. The fourth-order valence-corrected chi connectivity index (χ4v) is 7.42. The van der Waals surface area contributed by atoms with Crippen LogP contribution in [0, 0.1) is 5.92 Å². The van der Waals surface area contributed by atoms with Gasteiger partial charge in [-0.25, -0.2) is 13.2 Å². The van der Waals surface area contributed by atoms with Crippen LogP contribution in [0.5, 0.6) is 0 Å². The number of methoxy groups -OCH3 is 1. The Balaban J connectivity index is 1.62. The van der Waals surface area contributed by atoms with Gasteiger partial charge in [-0.1, -0.05) is 92.7 Å². The number of aryl methyl sites for hydroxylation is 1. The second kappa shape index (κ2) is 17.6. The number of nitrogen functional groups attached to an aromatic ring is 1. The zero-order valence-electron chi connectivity index (χ0n) is 28.2. The number of aliphatic hydroxyl groups excluding tert-OH is 1. The summed E-state index contributed by atoms with van der Waals surface area (Å²) < 4.78 is 34.0. The van der Waals surface area contributed by atoms with Crippen molar-refractivity contribution in [3.05, 3.63) is 126 Å². The molecule has 0 saturated heterocycles. The Morgan fingerprint density at radius 3 is 1.96 bits per heavy atom. The minimum Gasteiger partial charge on any atom is -0.453 e. The highest BCUT2D eigenvalue weighted by atomic mass is 32.2. The number of alkyl carbamates (subject to hydrolysis) is 1. The number of nitrogens with two attached hydrogens (primary N) is 1. The molecule has 0 saturated carbocycles. The lowest BCUT2D eigenvalue weighted by Crippen LogP contribution is -2.48. The van der Waals surface area contributed by atoms with E-state index >= 15 is 0 Å². The molecule has 2 atom stereocenters. The van der Waals surface area contributed by atoms with E-state index in [1.54, 1.807) is 24.3 Å². The molecular formula is C38H46N4O6S. The summed E-state index contributed by atoms with van der Waals surface area (Å²) in [5, 5.41) is 16.3. The van der Waals surface area contributed by atoms with Gasteiger partial charge in [0.2, 0.25) is 15.9 Å². The van der Waals surface area contributed by atoms with Crippen LogP contribution in [0.4, 0.5) is 16.2 Å². The Hall–Kier alpha value is -4.71. The molecule has 260 valence electrons. The van der Waals surface area contributed by atoms with Crippen LogP contribution in [0.3, 0.4) is 0 Å². The number of anilines is 2. The van der Waals surface area contributed by atoms with Gasteiger partial charge in [0.1, 0.15) is 6.04 Å². The van der Waals surface area contributed by atoms with E-state index in [0.29, 0.717) is 24.2 Å². The van der Waals surface area contributed by atoms with E-state index in [9.17, 15) is 23.1 Å². The highest BCUT2D eigenvalue weighted by molar-refractivity contribution is 7.89. The highest BCUT2D eigenvalue weighted by Crippen LogP contribution is 2.30. The molecule has 5 N–H and O–H groups in total. The van der Waals surface area contributed by atoms with Crippen molar-refractivity contribution in [2.75, 3.05) is 31.3 Å². The Morgan fingerprint density at radius 1 is 0.837 bits per heavy atom. The van der Waals surface area contributed by atoms with Crippen LogP contribution >= 0.6 is 0 Å². The third-order valence-electron chi connectivity index (χ3n) is 8.45. The van der Waals surface area contributed by atoms with Crippen molar-refractivity contribution in [3.63, 3.8) is 0 Å². The minimum absolute atomic E-state index is 0.104. The Labute approximate surface area is 289 Å². The monoisotopic (exact) mass is 686 g/mol. The summed E-state index contributed by atoms with van der Waals surface area (Å²) in [6.07, 6.45) is 0.499. The molecule has 4 rings (SSSR count). The van der Waals surface area contributed by atoms with Crippen LogP contribution in [0.25, 0.3) is 0 Å². The lowest BCUT2D eigenvalue weighted by Gasteiger charge is -2.31. The molecule has 0 aliphatic carbocycles. The normalized spacial score (nSPS) is 12.9. The molecule has 11 heteroatoms. The second-order valence-electron chi connectivity index (χ2n) is 12.3. The summed E-state index contributed by atoms with van der Waals surface area (Å²) >= 11 is 0. The average molecular weight is 687 g/mol. The van der Waals surface area contributed by atoms with E-state index in [-0.39, 0.29) is 30.4 Å². The molecule has 0 aromatic heterocycles. The number of aliphatic hydroxyl groups is 1. The summed E-state index contributed by atoms with van der Waals surface area (Å²) in [5.74, 6) is -0.763. The fourth-order valence-electron chi connectivity index (χ4n) is 5.76. The van der Waals surface area contributed by atoms with Gasteiger partial charge in [-0.05, 0) is 72.2 Å². The van der Waals surface area contributed by atoms with Crippen LogP contribution in [-0.4, -0.2) is 62.2 Å². The number of benzene rings is 4. The van der Waals surface area contributed by atoms with Crippen molar-refractivity contribution in [1.29, 1.82) is 0 Å². The van der Waals surface area contributed by atoms with E-state index in [1.165, 1.54) is 23.5 Å². The zero-order valence-corrected chi connectivity index (χ0v) is 29.0. The first-order valence-corrected chi connectivity index (χ1v) is 17.8. The van der Waals surface area contributed by atoms with E-state index in [1.807, 2.05) is 86.6 Å². The number of carbonyl (C=O) groups excluding carboxylic acids is 2. The smallest absolute Gasteiger partial charge is 0.407 e. The zero-order chi connectivity index (χ0) is 35.4. The molecule has 0 heterocycles. The van der Waals surface area contributed by atoms with Gasteiger partial charge in [-0.2, -0.15) is 4.31 Å². The van der Waals surface area contributed by atoms with E-state index in [4.69, 9.17) is 10.5 Å². The van der Waals surface area contributed by atoms with Crippen LogP contribution in [0.2, 0.25) is 0 Å². The number of rotatable bonds is 16. The molecule has 49 heavy (non-hydrogen) atoms. The molecule has 10 nitrogen and oxygen atoms in total. The number of carbonyl (C=O) groups is 2. The summed E-state index contributed by atoms with van der Waals surface area (Å²) in [6.45, 7) is 3.88. The SMILES string of the molecule is COC(=O)N[C@H](C(=O)Nc1ccccc1CCC(CO)N(CCC(C)C)S(=O)(=O)c1ccc(N)cc1)C(c1ccccc1)c1ccccc1. The minimum atomic E-state index is -3.95. The van der Waals surface area contributed by atoms with Gasteiger partial charge in [0.25, 0.3) is 0 Å². The van der Waals surface area contributed by atoms with Crippen molar-refractivity contribution < 1.29 is 27.9 Å². The van der Waals surface area contributed by atoms with E-state index in [0.717, 1.165) is 16.7 Å². The number of nitrogens with one attached hydrogen (secondary N) is 2. The first-order chi connectivity index (χ1) is 23.5. The second-order valence-corrected chi connectivity index (χ2v) is 14.2. The van der Waals surface area contributed by atoms with Crippen LogP contribution < -0.4 is 16.4 Å². The molecule has 4 aromatic carbocycles. The van der Waals surface area contributed by atoms with Gasteiger partial charge in [-0.15, -0.1) is 0 Å². The Morgan fingerprint density at radius 2 is 1.41 bits per heavy atom. The first-order valence-electron chi connectivity index (χ1n) is 16.4. The molecule has 0 aliphatic rings. The lowest BCUT2D eigenvalue weighted by atomic mass is 9.84. The number of hydrogen-bond donors (Lipinski definition) is 4. The molecule has 2 amide bonds. The van der Waals surface area contributed by atoms with Gasteiger partial charge in [-0.3, -0.25) is 4.79 Å². The molecule has 4 aromatic rings. The predicted octanol–water partition coefficient (Wildman–Crippen LogP) is 5.79. The van der Waals surface area contributed by atoms with Gasteiger partial charge >= 0.3 is 6.09 Å². The highest BCUT2D eigenvalue weighted by Gasteiger charge is 2.34. The number of ether oxygens (including phenoxy) is 1. The third kappa shape index (κ3) is 9.91. The van der Waals surface area contributed by atoms with Crippen LogP contribution in [0.1, 0.15) is 49.3 Å². The number of nitrogens with zero attached hydrogens (tertiary/aromatic N) is 1. The summed E-state index contributed by atoms with van der Waals surface area (Å²) in [6, 6.07) is 30.4. The number of amides is 2. The largest absolute Gasteiger partial charge is 0.453 e. The predicted molar refractivity (Wildman–Crippen MR) is 193 cm³/mol. The molecule has 0 bridgehead atoms. The molecule has 0 aliphatic heterocycles. The quantitative estimate of drug-likeness (QED) is 0.109. The summed E-state index contributed by atoms with van der Waals surface area (Å²) in [7, 11) is -2.70. The van der Waals surface area contributed by atoms with Crippen LogP contribution in [0.15, 0.2) is 114 Å². The van der Waals surface area contributed by atoms with E-state index in [2.05, 4.69) is 10.6 Å². The lowest BCUT2D eigenvalue weighted by molar-refractivity contribution is -0.118. The number of sulfonamides is 1. The molecule has 0 spiro atoms. The van der Waals surface area contributed by atoms with Gasteiger partial charge < -0.3 is 26.2 Å². The molecule has 0 fully saturated rings. The maximum absolute atomic E-state index is 14.2. The standard InChI is InChI=1S/C38H46N4O6S/c1-27(2)24-25-42(49(46,47)33-22-19-31(39)20-23-33)32(26-43)21-18-28-12-10-11-17-34(28)40-37(44)36(41-38(45)48-3)35(29-13-6-4-7-14-29)30-15-8-5-9-16-30/h4-17,19-20,22-23,27,32,35-36,43H,18,21,24-26,39H2,1-3H3,(H,40,44)(H,41,45)/t32?,36-/m0/s1. The van der Waals surface area contributed by atoms with Crippen molar-refractivity contribution >= 4 is 33.4 Å². The van der Waals surface area contributed by atoms with Crippen molar-refractivity contribution in [2.45, 2.75) is 56.0 Å². The van der Waals surface area contributed by atoms with Gasteiger partial charge in [0.15, 0.2) is 0 Å². The van der Waals surface area contributed by atoms with E-state index < -0.39 is 40.0 Å². The summed E-state index contributed by atoms with van der Waals surface area (Å²) in [4.78, 5) is 26.8. The number of para-hydroxylation sites is 1. The Kier molecular flexibility index (Phi) is 13.3. The van der Waals surface area contributed by atoms with Crippen LogP contribution in [-0.2, 0) is 26.0 Å². The molecule has 0 radical (unpaired) electrons. The maximum Gasteiger partial charge on any atom is 0.407 e. The van der Waals surface area contributed by atoms with Crippen molar-refractivity contribution in [2.24, 2.45) is 5.92 Å². The van der Waals surface area contributed by atoms with Gasteiger partial charge in [0, 0.05) is 29.9 Å². The number of hydrogen-bond acceptors (Lipinski definition) is 7. The summed E-state index contributed by atoms with van der Waals surface area (Å²) in [5.41, 5.74) is 9.17. The van der Waals surface area contributed by atoms with Crippen molar-refractivity contribution in [1.82, 2.24) is 9.62 Å². The third-order valence-corrected chi connectivity index (χ3v) is 10.4. The van der Waals surface area contributed by atoms with Gasteiger partial charge in [0.05, 0.1) is 18.6 Å². The fraction of sp³-hybridized carbons (Fsp3) is 0.316.